The van der Waals surface area contributed by atoms with Crippen molar-refractivity contribution in [2.45, 2.75) is 18.7 Å². The first-order valence-electron chi connectivity index (χ1n) is 6.50. The van der Waals surface area contributed by atoms with Gasteiger partial charge in [-0.2, -0.15) is 0 Å². The number of amides is 1. The Morgan fingerprint density at radius 2 is 1.81 bits per heavy atom. The average molecular weight is 333 g/mol. The van der Waals surface area contributed by atoms with E-state index in [4.69, 9.17) is 17.3 Å². The number of carbonyl (C=O) groups excluding carboxylic acids is 1. The molecule has 0 aliphatic rings. The molecule has 1 amide bonds. The van der Waals surface area contributed by atoms with Gasteiger partial charge in [0.05, 0.1) is 4.90 Å². The number of halogens is 1. The molecule has 0 bridgehead atoms. The smallest absolute Gasteiger partial charge is 0.237 e. The van der Waals surface area contributed by atoms with Gasteiger partial charge in [0, 0.05) is 18.6 Å². The number of rotatable bonds is 6. The number of nitrogens with two attached hydrogens (primary N) is 1. The largest absolute Gasteiger partial charge is 0.344 e. The van der Waals surface area contributed by atoms with E-state index in [1.807, 2.05) is 13.8 Å². The zero-order valence-corrected chi connectivity index (χ0v) is 14.0. The fourth-order valence-corrected chi connectivity index (χ4v) is 3.18. The Bertz CT molecular complexity index is 597. The molecule has 0 atom stereocenters. The Morgan fingerprint density at radius 1 is 1.29 bits per heavy atom. The summed E-state index contributed by atoms with van der Waals surface area (Å²) >= 11 is 5.72. The van der Waals surface area contributed by atoms with Crippen LogP contribution >= 0.6 is 11.6 Å². The van der Waals surface area contributed by atoms with Crippen LogP contribution < -0.4 is 5.73 Å². The number of hydrogen-bond donors (Lipinski definition) is 1. The molecule has 1 aromatic carbocycles. The fourth-order valence-electron chi connectivity index (χ4n) is 1.79. The average Bonchev–Trinajstić information content (AvgIpc) is 2.38. The van der Waals surface area contributed by atoms with E-state index in [-0.39, 0.29) is 10.3 Å². The van der Waals surface area contributed by atoms with Crippen molar-refractivity contribution in [1.29, 1.82) is 0 Å². The first-order chi connectivity index (χ1) is 9.57. The second-order valence-electron chi connectivity index (χ2n) is 5.83. The van der Waals surface area contributed by atoms with Crippen LogP contribution in [-0.4, -0.2) is 45.1 Å². The summed E-state index contributed by atoms with van der Waals surface area (Å²) in [5, 5.41) is 0.446. The molecule has 21 heavy (non-hydrogen) atoms. The van der Waals surface area contributed by atoms with Crippen molar-refractivity contribution in [1.82, 2.24) is 4.90 Å². The molecule has 0 aromatic heterocycles. The molecule has 1 aromatic rings. The first kappa shape index (κ1) is 17.9. The van der Waals surface area contributed by atoms with Gasteiger partial charge in [0.25, 0.3) is 0 Å². The van der Waals surface area contributed by atoms with Crippen LogP contribution in [0, 0.1) is 5.41 Å². The molecule has 0 spiro atoms. The van der Waals surface area contributed by atoms with Gasteiger partial charge < -0.3 is 10.6 Å². The number of benzene rings is 1. The highest BCUT2D eigenvalue weighted by Gasteiger charge is 2.25. The third-order valence-electron chi connectivity index (χ3n) is 3.13. The van der Waals surface area contributed by atoms with E-state index in [2.05, 4.69) is 0 Å². The Kier molecular flexibility index (Phi) is 5.78. The summed E-state index contributed by atoms with van der Waals surface area (Å²) in [6.45, 7) is 4.65. The molecule has 2 N–H and O–H groups in total. The normalized spacial score (nSPS) is 12.2. The highest BCUT2D eigenvalue weighted by atomic mass is 35.5. The van der Waals surface area contributed by atoms with Crippen LogP contribution in [0.25, 0.3) is 0 Å². The van der Waals surface area contributed by atoms with Crippen LogP contribution in [0.1, 0.15) is 13.8 Å². The van der Waals surface area contributed by atoms with Crippen LogP contribution in [0.15, 0.2) is 29.2 Å². The second kappa shape index (κ2) is 6.77. The second-order valence-corrected chi connectivity index (χ2v) is 8.26. The Hall–Kier alpha value is -1.11. The highest BCUT2D eigenvalue weighted by Crippen LogP contribution is 2.17. The minimum absolute atomic E-state index is 0.0896. The SMILES string of the molecule is CN(CC(C)(C)CN)C(=O)CS(=O)(=O)c1ccc(Cl)cc1. The van der Waals surface area contributed by atoms with Crippen LogP contribution in [0.3, 0.4) is 0 Å². The van der Waals surface area contributed by atoms with E-state index in [0.29, 0.717) is 18.1 Å². The van der Waals surface area contributed by atoms with Gasteiger partial charge in [-0.15, -0.1) is 0 Å². The maximum absolute atomic E-state index is 12.2. The van der Waals surface area contributed by atoms with Gasteiger partial charge in [0.15, 0.2) is 9.84 Å². The van der Waals surface area contributed by atoms with Crippen molar-refractivity contribution in [2.75, 3.05) is 25.9 Å². The summed E-state index contributed by atoms with van der Waals surface area (Å²) in [4.78, 5) is 13.6. The van der Waals surface area contributed by atoms with Crippen molar-refractivity contribution in [2.24, 2.45) is 11.1 Å². The molecule has 118 valence electrons. The number of carbonyl (C=O) groups is 1. The predicted molar refractivity (Wildman–Crippen MR) is 84.0 cm³/mol. The Labute approximate surface area is 131 Å². The van der Waals surface area contributed by atoms with Gasteiger partial charge >= 0.3 is 0 Å². The van der Waals surface area contributed by atoms with Gasteiger partial charge in [-0.1, -0.05) is 25.4 Å². The molecular formula is C14H21ClN2O3S. The molecule has 0 saturated heterocycles. The number of nitrogens with zero attached hydrogens (tertiary/aromatic N) is 1. The molecule has 0 aliphatic heterocycles. The van der Waals surface area contributed by atoms with E-state index in [1.54, 1.807) is 7.05 Å². The van der Waals surface area contributed by atoms with Crippen molar-refractivity contribution in [3.63, 3.8) is 0 Å². The third kappa shape index (κ3) is 5.30. The highest BCUT2D eigenvalue weighted by molar-refractivity contribution is 7.92. The molecule has 1 rings (SSSR count). The molecule has 0 heterocycles. The lowest BCUT2D eigenvalue weighted by atomic mass is 9.93. The van der Waals surface area contributed by atoms with Crippen LogP contribution in [-0.2, 0) is 14.6 Å². The summed E-state index contributed by atoms with van der Waals surface area (Å²) in [5.41, 5.74) is 5.36. The van der Waals surface area contributed by atoms with Crippen molar-refractivity contribution in [3.05, 3.63) is 29.3 Å². The lowest BCUT2D eigenvalue weighted by Crippen LogP contribution is -2.41. The minimum atomic E-state index is -3.66. The zero-order chi connectivity index (χ0) is 16.3. The maximum atomic E-state index is 12.2. The number of hydrogen-bond acceptors (Lipinski definition) is 4. The summed E-state index contributed by atoms with van der Waals surface area (Å²) < 4.78 is 24.4. The van der Waals surface area contributed by atoms with E-state index in [9.17, 15) is 13.2 Å². The van der Waals surface area contributed by atoms with Crippen molar-refractivity contribution >= 4 is 27.3 Å². The van der Waals surface area contributed by atoms with E-state index in [0.717, 1.165) is 0 Å². The van der Waals surface area contributed by atoms with Gasteiger partial charge in [-0.25, -0.2) is 8.42 Å². The third-order valence-corrected chi connectivity index (χ3v) is 5.00. The lowest BCUT2D eigenvalue weighted by molar-refractivity contribution is -0.128. The standard InChI is InChI=1S/C14H21ClN2O3S/c1-14(2,9-16)10-17(3)13(18)8-21(19,20)12-6-4-11(15)5-7-12/h4-7H,8-10,16H2,1-3H3. The molecular weight excluding hydrogens is 312 g/mol. The van der Waals surface area contributed by atoms with E-state index < -0.39 is 21.5 Å². The van der Waals surface area contributed by atoms with Gasteiger partial charge in [0.1, 0.15) is 5.75 Å². The lowest BCUT2D eigenvalue weighted by Gasteiger charge is -2.29. The Balaban J connectivity index is 2.79. The summed E-state index contributed by atoms with van der Waals surface area (Å²) in [6.07, 6.45) is 0. The van der Waals surface area contributed by atoms with Crippen molar-refractivity contribution in [3.8, 4) is 0 Å². The molecule has 0 saturated carbocycles. The minimum Gasteiger partial charge on any atom is -0.344 e. The van der Waals surface area contributed by atoms with Crippen LogP contribution in [0.2, 0.25) is 5.02 Å². The van der Waals surface area contributed by atoms with Crippen molar-refractivity contribution < 1.29 is 13.2 Å². The molecule has 5 nitrogen and oxygen atoms in total. The molecule has 7 heteroatoms. The zero-order valence-electron chi connectivity index (χ0n) is 12.5. The van der Waals surface area contributed by atoms with Gasteiger partial charge in [0.2, 0.25) is 5.91 Å². The summed E-state index contributed by atoms with van der Waals surface area (Å²) in [7, 11) is -2.08. The Morgan fingerprint density at radius 3 is 2.29 bits per heavy atom. The maximum Gasteiger partial charge on any atom is 0.237 e. The number of sulfone groups is 1. The van der Waals surface area contributed by atoms with Crippen LogP contribution in [0.4, 0.5) is 0 Å². The van der Waals surface area contributed by atoms with E-state index >= 15 is 0 Å². The summed E-state index contributed by atoms with van der Waals surface area (Å²) in [5.74, 6) is -1.02. The quantitative estimate of drug-likeness (QED) is 0.857. The first-order valence-corrected chi connectivity index (χ1v) is 8.53. The molecule has 0 fully saturated rings. The predicted octanol–water partition coefficient (Wildman–Crippen LogP) is 1.56. The van der Waals surface area contributed by atoms with E-state index in [1.165, 1.54) is 29.2 Å². The van der Waals surface area contributed by atoms with Gasteiger partial charge in [-0.3, -0.25) is 4.79 Å². The monoisotopic (exact) mass is 332 g/mol. The molecule has 0 unspecified atom stereocenters. The van der Waals surface area contributed by atoms with Gasteiger partial charge in [-0.05, 0) is 36.2 Å². The molecule has 0 aliphatic carbocycles. The topological polar surface area (TPSA) is 80.5 Å². The van der Waals surface area contributed by atoms with Crippen LogP contribution in [0.5, 0.6) is 0 Å². The summed E-state index contributed by atoms with van der Waals surface area (Å²) in [6, 6.07) is 5.77. The molecule has 0 radical (unpaired) electrons. The fraction of sp³-hybridized carbons (Fsp3) is 0.500.